The average molecular weight is 519 g/mol. The van der Waals surface area contributed by atoms with Crippen LogP contribution < -0.4 is 9.08 Å². The highest BCUT2D eigenvalue weighted by Crippen LogP contribution is 2.48. The quantitative estimate of drug-likeness (QED) is 0.468. The smallest absolute Gasteiger partial charge is 0.410 e. The van der Waals surface area contributed by atoms with Crippen LogP contribution in [0, 0.1) is 6.92 Å². The van der Waals surface area contributed by atoms with Gasteiger partial charge >= 0.3 is 16.2 Å². The number of ether oxygens (including phenoxy) is 2. The van der Waals surface area contributed by atoms with Crippen molar-refractivity contribution in [2.75, 3.05) is 37.8 Å². The molecule has 12 heteroatoms. The second-order valence-electron chi connectivity index (χ2n) is 8.41. The Bertz CT molecular complexity index is 1320. The van der Waals surface area contributed by atoms with Gasteiger partial charge in [-0.2, -0.15) is 13.4 Å². The van der Waals surface area contributed by atoms with Crippen molar-refractivity contribution in [2.45, 2.75) is 38.3 Å². The number of fused-ring (bicyclic) bond motifs is 3. The lowest BCUT2D eigenvalue weighted by Gasteiger charge is -2.28. The molecule has 186 valence electrons. The van der Waals surface area contributed by atoms with Gasteiger partial charge < -0.3 is 18.6 Å². The van der Waals surface area contributed by atoms with Crippen LogP contribution in [0.3, 0.4) is 0 Å². The van der Waals surface area contributed by atoms with Crippen molar-refractivity contribution in [3.63, 3.8) is 0 Å². The first-order valence-electron chi connectivity index (χ1n) is 11.4. The molecule has 0 aromatic heterocycles. The summed E-state index contributed by atoms with van der Waals surface area (Å²) >= 11 is 1.42. The van der Waals surface area contributed by atoms with E-state index in [4.69, 9.17) is 18.6 Å². The van der Waals surface area contributed by atoms with Crippen LogP contribution in [-0.2, 0) is 26.1 Å². The first-order chi connectivity index (χ1) is 16.8. The number of aryl methyl sites for hydroxylation is 1. The van der Waals surface area contributed by atoms with E-state index in [-0.39, 0.29) is 23.4 Å². The molecule has 0 spiro atoms. The Balaban J connectivity index is 1.58. The molecule has 0 radical (unpaired) electrons. The summed E-state index contributed by atoms with van der Waals surface area (Å²) in [5.74, 6) is -0.0647. The predicted octanol–water partition coefficient (Wildman–Crippen LogP) is 3.59. The molecule has 1 amide bonds. The number of rotatable bonds is 5. The molecule has 4 aliphatic rings. The summed E-state index contributed by atoms with van der Waals surface area (Å²) in [6.45, 7) is 8.47. The summed E-state index contributed by atoms with van der Waals surface area (Å²) in [4.78, 5) is 26.2. The first-order valence-corrected chi connectivity index (χ1v) is 13.6. The number of carbonyl (C=O) groups is 1. The van der Waals surface area contributed by atoms with Gasteiger partial charge in [-0.15, -0.1) is 0 Å². The Hall–Kier alpha value is -2.96. The average Bonchev–Trinajstić information content (AvgIpc) is 3.37. The highest BCUT2D eigenvalue weighted by Gasteiger charge is 2.40. The zero-order valence-corrected chi connectivity index (χ0v) is 21.3. The number of anilines is 1. The fourth-order valence-electron chi connectivity index (χ4n) is 4.19. The molecule has 1 atom stereocenters. The molecular formula is C23H26N4O6S2. The Morgan fingerprint density at radius 3 is 2.60 bits per heavy atom. The third-order valence-electron chi connectivity index (χ3n) is 6.10. The standard InChI is InChI=1S/C23H26N4O6S2/c1-4-32-23(28)27-13-17-18(15(27)3)24-19-20(17)34-22(26-9-11-31-12-10-26)25-21(19)33-35(29,30)16-7-5-14(2)6-8-16/h5-8,15H,4,9-13H2,1-3H3. The van der Waals surface area contributed by atoms with Crippen LogP contribution in [0.2, 0.25) is 0 Å². The van der Waals surface area contributed by atoms with Gasteiger partial charge in [0.2, 0.25) is 0 Å². The number of amides is 1. The zero-order valence-electron chi connectivity index (χ0n) is 19.7. The molecule has 1 fully saturated rings. The molecule has 1 aromatic rings. The summed E-state index contributed by atoms with van der Waals surface area (Å²) in [6.07, 6.45) is -0.406. The van der Waals surface area contributed by atoms with Crippen molar-refractivity contribution in [2.24, 2.45) is 0 Å². The van der Waals surface area contributed by atoms with Gasteiger partial charge in [-0.25, -0.2) is 9.78 Å². The van der Waals surface area contributed by atoms with E-state index < -0.39 is 16.2 Å². The number of benzene rings is 1. The molecule has 1 saturated heterocycles. The second kappa shape index (κ2) is 9.25. The number of morpholine rings is 1. The molecule has 0 saturated carbocycles. The fourth-order valence-corrected chi connectivity index (χ4v) is 6.23. The minimum absolute atomic E-state index is 0.0412. The lowest BCUT2D eigenvalue weighted by atomic mass is 10.2. The van der Waals surface area contributed by atoms with E-state index in [2.05, 4.69) is 4.98 Å². The van der Waals surface area contributed by atoms with E-state index in [1.807, 2.05) is 18.7 Å². The minimum atomic E-state index is -4.13. The van der Waals surface area contributed by atoms with Crippen LogP contribution in [0.15, 0.2) is 29.2 Å². The molecule has 0 N–H and O–H groups in total. The predicted molar refractivity (Wildman–Crippen MR) is 130 cm³/mol. The fraction of sp³-hybridized carbons (Fsp3) is 0.435. The highest BCUT2D eigenvalue weighted by molar-refractivity contribution is 7.87. The van der Waals surface area contributed by atoms with Crippen LogP contribution in [0.25, 0.3) is 10.6 Å². The molecule has 0 aliphatic carbocycles. The largest absolute Gasteiger partial charge is 0.450 e. The van der Waals surface area contributed by atoms with E-state index >= 15 is 0 Å². The minimum Gasteiger partial charge on any atom is -0.450 e. The van der Waals surface area contributed by atoms with Crippen molar-refractivity contribution in [3.8, 4) is 16.5 Å². The van der Waals surface area contributed by atoms with Gasteiger partial charge in [0.15, 0.2) is 5.13 Å². The second-order valence-corrected chi connectivity index (χ2v) is 10.9. The lowest BCUT2D eigenvalue weighted by molar-refractivity contribution is 0.0957. The molecule has 1 unspecified atom stereocenters. The summed E-state index contributed by atoms with van der Waals surface area (Å²) < 4.78 is 42.5. The third-order valence-corrected chi connectivity index (χ3v) is 8.50. The van der Waals surface area contributed by atoms with Crippen LogP contribution >= 0.6 is 11.3 Å². The van der Waals surface area contributed by atoms with Crippen LogP contribution in [0.1, 0.15) is 36.7 Å². The maximum absolute atomic E-state index is 13.1. The number of nitrogens with zero attached hydrogens (tertiary/aromatic N) is 4. The first kappa shape index (κ1) is 23.8. The maximum atomic E-state index is 13.1. The van der Waals surface area contributed by atoms with E-state index in [1.165, 1.54) is 23.5 Å². The monoisotopic (exact) mass is 518 g/mol. The Morgan fingerprint density at radius 2 is 1.91 bits per heavy atom. The van der Waals surface area contributed by atoms with Crippen molar-refractivity contribution in [1.82, 2.24) is 14.9 Å². The van der Waals surface area contributed by atoms with E-state index in [9.17, 15) is 13.2 Å². The summed E-state index contributed by atoms with van der Waals surface area (Å²) in [5, 5.41) is 0.618. The van der Waals surface area contributed by atoms with Gasteiger partial charge in [-0.05, 0) is 32.9 Å². The molecule has 35 heavy (non-hydrogen) atoms. The van der Waals surface area contributed by atoms with E-state index in [0.717, 1.165) is 16.0 Å². The van der Waals surface area contributed by atoms with Gasteiger partial charge in [0.1, 0.15) is 10.6 Å². The van der Waals surface area contributed by atoms with Crippen molar-refractivity contribution < 1.29 is 26.9 Å². The SMILES string of the molecule is CCOC(=O)N1Cc2c(nc3c(OS(=O)(=O)c4ccc(C)cc4)nc(N4CCOCC4)sc2-3)C1C. The normalized spacial score (nSPS) is 18.1. The number of hydrogen-bond donors (Lipinski definition) is 0. The van der Waals surface area contributed by atoms with Gasteiger partial charge in [0.25, 0.3) is 5.88 Å². The summed E-state index contributed by atoms with van der Waals surface area (Å²) in [6, 6.07) is 6.12. The topological polar surface area (TPSA) is 111 Å². The number of carbonyl (C=O) groups excluding carboxylic acids is 1. The Kier molecular flexibility index (Phi) is 6.28. The molecule has 0 bridgehead atoms. The summed E-state index contributed by atoms with van der Waals surface area (Å²) in [5.41, 5.74) is 2.88. The van der Waals surface area contributed by atoms with E-state index in [0.29, 0.717) is 49.4 Å². The Labute approximate surface area is 207 Å². The molecule has 10 nitrogen and oxygen atoms in total. The molecule has 1 aromatic carbocycles. The van der Waals surface area contributed by atoms with Crippen LogP contribution in [0.5, 0.6) is 5.88 Å². The van der Waals surface area contributed by atoms with Crippen molar-refractivity contribution in [3.05, 3.63) is 41.1 Å². The van der Waals surface area contributed by atoms with Gasteiger partial charge in [-0.1, -0.05) is 29.0 Å². The lowest BCUT2D eigenvalue weighted by Crippen LogP contribution is -2.36. The van der Waals surface area contributed by atoms with Crippen molar-refractivity contribution >= 4 is 32.7 Å². The highest BCUT2D eigenvalue weighted by atomic mass is 32.2. The van der Waals surface area contributed by atoms with Gasteiger partial charge in [0.05, 0.1) is 43.0 Å². The third kappa shape index (κ3) is 4.41. The Morgan fingerprint density at radius 1 is 1.20 bits per heavy atom. The van der Waals surface area contributed by atoms with Gasteiger partial charge in [-0.3, -0.25) is 4.90 Å². The van der Waals surface area contributed by atoms with E-state index in [1.54, 1.807) is 24.0 Å². The molecule has 5 rings (SSSR count). The van der Waals surface area contributed by atoms with Crippen molar-refractivity contribution in [1.29, 1.82) is 0 Å². The molecule has 4 aliphatic heterocycles. The van der Waals surface area contributed by atoms with Crippen LogP contribution in [0.4, 0.5) is 9.93 Å². The van der Waals surface area contributed by atoms with Crippen LogP contribution in [-0.4, -0.2) is 62.3 Å². The molecular weight excluding hydrogens is 492 g/mol. The zero-order chi connectivity index (χ0) is 24.7. The number of hydrogen-bond acceptors (Lipinski definition) is 10. The maximum Gasteiger partial charge on any atom is 0.410 e. The molecule has 4 heterocycles. The number of aromatic nitrogens is 2. The van der Waals surface area contributed by atoms with Gasteiger partial charge in [0, 0.05) is 18.7 Å². The summed E-state index contributed by atoms with van der Waals surface area (Å²) in [7, 11) is -4.13.